The van der Waals surface area contributed by atoms with Crippen LogP contribution in [0.1, 0.15) is 21.5 Å². The number of hydrogen-bond donors (Lipinski definition) is 0. The van der Waals surface area contributed by atoms with Gasteiger partial charge in [-0.2, -0.15) is 5.10 Å². The van der Waals surface area contributed by atoms with Crippen molar-refractivity contribution in [2.75, 3.05) is 0 Å². The fraction of sp³-hybridized carbons (Fsp3) is 0.118. The van der Waals surface area contributed by atoms with Gasteiger partial charge in [0.2, 0.25) is 0 Å². The van der Waals surface area contributed by atoms with E-state index in [1.165, 1.54) is 0 Å². The topological polar surface area (TPSA) is 57.0 Å². The number of carbonyl (C=O) groups is 1. The minimum atomic E-state index is -0.338. The molecule has 0 amide bonds. The van der Waals surface area contributed by atoms with Gasteiger partial charge >= 0.3 is 5.97 Å². The minimum absolute atomic E-state index is 0.224. The van der Waals surface area contributed by atoms with E-state index in [-0.39, 0.29) is 12.6 Å². The Bertz CT molecular complexity index is 722. The molecule has 0 aliphatic heterocycles. The third-order valence-corrected chi connectivity index (χ3v) is 3.19. The number of esters is 1. The van der Waals surface area contributed by atoms with Crippen molar-refractivity contribution in [1.82, 2.24) is 14.8 Å². The number of ether oxygens (including phenoxy) is 1. The molecular weight excluding hydrogens is 278 g/mol. The molecule has 3 rings (SSSR count). The molecule has 0 aliphatic rings. The summed E-state index contributed by atoms with van der Waals surface area (Å²) in [6, 6.07) is 12.9. The Hall–Kier alpha value is -2.95. The zero-order valence-electron chi connectivity index (χ0n) is 11.9. The molecule has 110 valence electrons. The average Bonchev–Trinajstić information content (AvgIpc) is 3.07. The van der Waals surface area contributed by atoms with Crippen molar-refractivity contribution in [2.24, 2.45) is 0 Å². The molecule has 2 heterocycles. The standard InChI is InChI=1S/C17H15N3O2/c21-17(22-13-15-3-1-8-18-11-15)16-6-4-14(5-7-16)12-20-10-2-9-19-20/h1-11H,12-13H2. The lowest BCUT2D eigenvalue weighted by molar-refractivity contribution is 0.0472. The number of aromatic nitrogens is 3. The lowest BCUT2D eigenvalue weighted by Crippen LogP contribution is -2.06. The van der Waals surface area contributed by atoms with E-state index in [0.717, 1.165) is 11.1 Å². The van der Waals surface area contributed by atoms with Gasteiger partial charge in [-0.05, 0) is 29.8 Å². The van der Waals surface area contributed by atoms with E-state index in [0.29, 0.717) is 12.1 Å². The van der Waals surface area contributed by atoms with Crippen LogP contribution in [0.25, 0.3) is 0 Å². The van der Waals surface area contributed by atoms with Crippen LogP contribution in [0.4, 0.5) is 0 Å². The van der Waals surface area contributed by atoms with E-state index < -0.39 is 0 Å². The first kappa shape index (κ1) is 14.0. The predicted octanol–water partition coefficient (Wildman–Crippen LogP) is 2.68. The van der Waals surface area contributed by atoms with Gasteiger partial charge in [0.05, 0.1) is 12.1 Å². The number of carbonyl (C=O) groups excluding carboxylic acids is 1. The molecule has 0 radical (unpaired) electrons. The summed E-state index contributed by atoms with van der Waals surface area (Å²) in [4.78, 5) is 16.0. The van der Waals surface area contributed by atoms with Crippen LogP contribution in [0.3, 0.4) is 0 Å². The summed E-state index contributed by atoms with van der Waals surface area (Å²) in [5, 5.41) is 4.15. The average molecular weight is 293 g/mol. The summed E-state index contributed by atoms with van der Waals surface area (Å²) < 4.78 is 7.09. The third kappa shape index (κ3) is 3.58. The van der Waals surface area contributed by atoms with Crippen molar-refractivity contribution in [1.29, 1.82) is 0 Å². The number of benzene rings is 1. The molecule has 0 unspecified atom stereocenters. The smallest absolute Gasteiger partial charge is 0.338 e. The summed E-state index contributed by atoms with van der Waals surface area (Å²) >= 11 is 0. The largest absolute Gasteiger partial charge is 0.457 e. The van der Waals surface area contributed by atoms with Crippen LogP contribution in [0.15, 0.2) is 67.3 Å². The van der Waals surface area contributed by atoms with Crippen LogP contribution in [-0.4, -0.2) is 20.7 Å². The van der Waals surface area contributed by atoms with E-state index in [4.69, 9.17) is 4.74 Å². The number of pyridine rings is 1. The fourth-order valence-electron chi connectivity index (χ4n) is 2.04. The molecule has 0 fully saturated rings. The van der Waals surface area contributed by atoms with Gasteiger partial charge in [-0.15, -0.1) is 0 Å². The zero-order valence-corrected chi connectivity index (χ0v) is 11.9. The lowest BCUT2D eigenvalue weighted by atomic mass is 10.1. The van der Waals surface area contributed by atoms with Crippen LogP contribution < -0.4 is 0 Å². The van der Waals surface area contributed by atoms with Crippen LogP contribution in [0.2, 0.25) is 0 Å². The lowest BCUT2D eigenvalue weighted by Gasteiger charge is -2.06. The molecule has 0 aliphatic carbocycles. The van der Waals surface area contributed by atoms with E-state index in [2.05, 4.69) is 10.1 Å². The maximum Gasteiger partial charge on any atom is 0.338 e. The van der Waals surface area contributed by atoms with Crippen molar-refractivity contribution >= 4 is 5.97 Å². The van der Waals surface area contributed by atoms with Gasteiger partial charge in [-0.25, -0.2) is 4.79 Å². The summed E-state index contributed by atoms with van der Waals surface area (Å²) in [7, 11) is 0. The Kier molecular flexibility index (Phi) is 4.25. The summed E-state index contributed by atoms with van der Waals surface area (Å²) in [5.74, 6) is -0.338. The fourth-order valence-corrected chi connectivity index (χ4v) is 2.04. The molecule has 0 atom stereocenters. The molecule has 3 aromatic rings. The quantitative estimate of drug-likeness (QED) is 0.679. The first-order valence-electron chi connectivity index (χ1n) is 6.94. The van der Waals surface area contributed by atoms with Gasteiger partial charge in [0.25, 0.3) is 0 Å². The monoisotopic (exact) mass is 293 g/mol. The van der Waals surface area contributed by atoms with Crippen LogP contribution >= 0.6 is 0 Å². The Morgan fingerprint density at radius 1 is 1.05 bits per heavy atom. The van der Waals surface area contributed by atoms with E-state index in [9.17, 15) is 4.79 Å². The van der Waals surface area contributed by atoms with Crippen molar-refractivity contribution in [3.8, 4) is 0 Å². The maximum atomic E-state index is 12.0. The van der Waals surface area contributed by atoms with E-state index in [1.807, 2.05) is 41.2 Å². The second-order valence-electron chi connectivity index (χ2n) is 4.84. The first-order valence-corrected chi connectivity index (χ1v) is 6.94. The Labute approximate surface area is 128 Å². The Balaban J connectivity index is 1.59. The van der Waals surface area contributed by atoms with E-state index in [1.54, 1.807) is 30.7 Å². The Morgan fingerprint density at radius 2 is 1.91 bits per heavy atom. The first-order chi connectivity index (χ1) is 10.8. The third-order valence-electron chi connectivity index (χ3n) is 3.19. The normalized spacial score (nSPS) is 10.4. The van der Waals surface area contributed by atoms with Crippen molar-refractivity contribution in [2.45, 2.75) is 13.2 Å². The number of nitrogens with zero attached hydrogens (tertiary/aromatic N) is 3. The summed E-state index contributed by atoms with van der Waals surface area (Å²) in [5.41, 5.74) is 2.48. The second-order valence-corrected chi connectivity index (χ2v) is 4.84. The van der Waals surface area contributed by atoms with Crippen molar-refractivity contribution in [3.63, 3.8) is 0 Å². The van der Waals surface area contributed by atoms with Crippen molar-refractivity contribution < 1.29 is 9.53 Å². The van der Waals surface area contributed by atoms with E-state index >= 15 is 0 Å². The SMILES string of the molecule is O=C(OCc1cccnc1)c1ccc(Cn2cccn2)cc1. The minimum Gasteiger partial charge on any atom is -0.457 e. The van der Waals surface area contributed by atoms with Crippen LogP contribution in [0, 0.1) is 0 Å². The highest BCUT2D eigenvalue weighted by molar-refractivity contribution is 5.89. The van der Waals surface area contributed by atoms with Gasteiger partial charge in [-0.1, -0.05) is 18.2 Å². The molecule has 0 N–H and O–H groups in total. The van der Waals surface area contributed by atoms with Gasteiger partial charge in [-0.3, -0.25) is 9.67 Å². The highest BCUT2D eigenvalue weighted by Gasteiger charge is 2.07. The molecular formula is C17H15N3O2. The molecule has 2 aromatic heterocycles. The molecule has 0 saturated heterocycles. The predicted molar refractivity (Wildman–Crippen MR) is 81.1 cm³/mol. The van der Waals surface area contributed by atoms with Gasteiger partial charge in [0.15, 0.2) is 0 Å². The molecule has 0 spiro atoms. The number of hydrogen-bond acceptors (Lipinski definition) is 4. The van der Waals surface area contributed by atoms with Crippen LogP contribution in [0.5, 0.6) is 0 Å². The van der Waals surface area contributed by atoms with Crippen molar-refractivity contribution in [3.05, 3.63) is 83.9 Å². The molecule has 1 aromatic carbocycles. The maximum absolute atomic E-state index is 12.0. The molecule has 0 saturated carbocycles. The number of rotatable bonds is 5. The summed E-state index contributed by atoms with van der Waals surface area (Å²) in [6.07, 6.45) is 7.00. The van der Waals surface area contributed by atoms with Gasteiger partial charge in [0, 0.05) is 30.4 Å². The molecule has 5 heteroatoms. The molecule has 22 heavy (non-hydrogen) atoms. The molecule has 5 nitrogen and oxygen atoms in total. The highest BCUT2D eigenvalue weighted by Crippen LogP contribution is 2.09. The molecule has 0 bridgehead atoms. The van der Waals surface area contributed by atoms with Gasteiger partial charge < -0.3 is 4.74 Å². The van der Waals surface area contributed by atoms with Crippen LogP contribution in [-0.2, 0) is 17.9 Å². The summed E-state index contributed by atoms with van der Waals surface area (Å²) in [6.45, 7) is 0.903. The highest BCUT2D eigenvalue weighted by atomic mass is 16.5. The van der Waals surface area contributed by atoms with Gasteiger partial charge in [0.1, 0.15) is 6.61 Å². The second kappa shape index (κ2) is 6.67. The Morgan fingerprint density at radius 3 is 2.59 bits per heavy atom. The zero-order chi connectivity index (χ0) is 15.2.